The van der Waals surface area contributed by atoms with Crippen LogP contribution in [0, 0.1) is 5.92 Å². The molecule has 10 heteroatoms. The maximum atomic E-state index is 15.2. The molecule has 0 aliphatic heterocycles. The van der Waals surface area contributed by atoms with E-state index in [0.717, 1.165) is 24.0 Å². The second kappa shape index (κ2) is 19.5. The van der Waals surface area contributed by atoms with Gasteiger partial charge in [0.15, 0.2) is 0 Å². The van der Waals surface area contributed by atoms with Crippen LogP contribution < -0.4 is 18.3 Å². The first-order valence-electron chi connectivity index (χ1n) is 20.8. The molecule has 0 saturated carbocycles. The molecule has 0 bridgehead atoms. The van der Waals surface area contributed by atoms with Gasteiger partial charge >= 0.3 is 14.4 Å². The van der Waals surface area contributed by atoms with Gasteiger partial charge in [0.1, 0.15) is 23.0 Å². The van der Waals surface area contributed by atoms with Crippen molar-refractivity contribution in [2.24, 2.45) is 5.92 Å². The summed E-state index contributed by atoms with van der Waals surface area (Å²) in [5.41, 5.74) is 0.901. The third-order valence-electron chi connectivity index (χ3n) is 11.6. The summed E-state index contributed by atoms with van der Waals surface area (Å²) in [4.78, 5) is 0. The number of rotatable bonds is 20. The Kier molecular flexibility index (Phi) is 14.6. The van der Waals surface area contributed by atoms with E-state index in [4.69, 9.17) is 22.8 Å². The van der Waals surface area contributed by atoms with E-state index in [-0.39, 0.29) is 11.2 Å². The van der Waals surface area contributed by atoms with E-state index in [9.17, 15) is 4.57 Å². The Balaban J connectivity index is 1.22. The van der Waals surface area contributed by atoms with Crippen LogP contribution >= 0.6 is 25.8 Å². The SMILES string of the molecule is CCC(CC)(OP(=O)(Oc1ccccc1)Oc1ccc(C(C)(C)c2ccc(OC(CC)(CC)P(=O)(Oc3ccccc3)SC3C=CC=CC3)cc2)cc1)C1C=CC=CC1. The van der Waals surface area contributed by atoms with Crippen LogP contribution in [0.15, 0.2) is 158 Å². The van der Waals surface area contributed by atoms with E-state index < -0.39 is 30.8 Å². The molecule has 2 aliphatic rings. The lowest BCUT2D eigenvalue weighted by Crippen LogP contribution is -2.39. The van der Waals surface area contributed by atoms with Crippen LogP contribution in [0.25, 0.3) is 0 Å². The third kappa shape index (κ3) is 10.4. The maximum Gasteiger partial charge on any atom is 0.588 e. The van der Waals surface area contributed by atoms with Gasteiger partial charge in [0.25, 0.3) is 0 Å². The maximum absolute atomic E-state index is 15.2. The largest absolute Gasteiger partial charge is 0.588 e. The molecule has 312 valence electrons. The van der Waals surface area contributed by atoms with Gasteiger partial charge in [-0.25, -0.2) is 4.57 Å². The van der Waals surface area contributed by atoms with Crippen LogP contribution in [0.5, 0.6) is 23.0 Å². The highest BCUT2D eigenvalue weighted by Gasteiger charge is 2.53. The molecule has 4 aromatic rings. The minimum absolute atomic E-state index is 0.00399. The quantitative estimate of drug-likeness (QED) is 0.0814. The van der Waals surface area contributed by atoms with E-state index in [1.54, 1.807) is 12.1 Å². The molecule has 2 aliphatic carbocycles. The predicted molar refractivity (Wildman–Crippen MR) is 244 cm³/mol. The molecule has 0 heterocycles. The van der Waals surface area contributed by atoms with Gasteiger partial charge in [-0.05, 0) is 110 Å². The Morgan fingerprint density at radius 1 is 0.576 bits per heavy atom. The topological polar surface area (TPSA) is 80.3 Å². The number of hydrogen-bond acceptors (Lipinski definition) is 8. The summed E-state index contributed by atoms with van der Waals surface area (Å²) in [5, 5.41) is -1.06. The highest BCUT2D eigenvalue weighted by atomic mass is 32.7. The zero-order valence-corrected chi connectivity index (χ0v) is 37.7. The molecule has 59 heavy (non-hydrogen) atoms. The highest BCUT2D eigenvalue weighted by molar-refractivity contribution is 8.57. The van der Waals surface area contributed by atoms with E-state index in [1.165, 1.54) is 11.4 Å². The highest BCUT2D eigenvalue weighted by Crippen LogP contribution is 2.72. The number of phosphoric ester groups is 1. The molecule has 0 aromatic heterocycles. The van der Waals surface area contributed by atoms with E-state index in [2.05, 4.69) is 50.3 Å². The Morgan fingerprint density at radius 2 is 1.07 bits per heavy atom. The van der Waals surface area contributed by atoms with Crippen LogP contribution in [0.2, 0.25) is 0 Å². The summed E-state index contributed by atoms with van der Waals surface area (Å²) in [6, 6.07) is 34.0. The molecule has 7 nitrogen and oxygen atoms in total. The number of allylic oxidation sites excluding steroid dienone is 6. The van der Waals surface area contributed by atoms with Gasteiger partial charge in [-0.3, -0.25) is 9.09 Å². The molecule has 0 amide bonds. The lowest BCUT2D eigenvalue weighted by Gasteiger charge is -2.39. The normalized spacial score (nSPS) is 18.7. The van der Waals surface area contributed by atoms with Crippen LogP contribution in [0.3, 0.4) is 0 Å². The average molecular weight is 853 g/mol. The summed E-state index contributed by atoms with van der Waals surface area (Å²) in [5.74, 6) is 1.98. The summed E-state index contributed by atoms with van der Waals surface area (Å²) in [6.45, 7) is 8.92. The van der Waals surface area contributed by atoms with Gasteiger partial charge in [-0.1, -0.05) is 151 Å². The molecule has 0 N–H and O–H groups in total. The smallest absolute Gasteiger partial charge is 0.475 e. The average Bonchev–Trinajstić information content (AvgIpc) is 3.26. The molecule has 0 saturated heterocycles. The second-order valence-electron chi connectivity index (χ2n) is 15.5. The van der Waals surface area contributed by atoms with Gasteiger partial charge in [0.2, 0.25) is 5.34 Å². The van der Waals surface area contributed by atoms with Crippen LogP contribution in [0.4, 0.5) is 0 Å². The third-order valence-corrected chi connectivity index (χ3v) is 19.0. The first-order chi connectivity index (χ1) is 28.4. The Hall–Kier alpha value is -4.19. The van der Waals surface area contributed by atoms with Gasteiger partial charge in [0.05, 0.1) is 5.60 Å². The fourth-order valence-electron chi connectivity index (χ4n) is 7.69. The molecule has 0 spiro atoms. The fourth-order valence-corrected chi connectivity index (χ4v) is 15.3. The van der Waals surface area contributed by atoms with Crippen LogP contribution in [-0.2, 0) is 19.1 Å². The first kappa shape index (κ1) is 44.4. The molecule has 4 aromatic carbocycles. The standard InChI is InChI=1S/C49H58O7P2S/c1-7-48(8-2,41-23-15-11-16-24-41)56-58(51,54-44-27-19-13-20-28-44)55-45-37-33-40(34-38-45)47(5,6)39-31-35-42(36-32-39)52-49(9-3,10-4)57(50,53-43-25-17-12-18-26-43)59-46-29-21-14-22-30-46/h11-23,25-29,31-38,41,46H,7-10,24,30H2,1-6H3. The van der Waals surface area contributed by atoms with Crippen molar-refractivity contribution in [1.82, 2.24) is 0 Å². The molecule has 4 atom stereocenters. The molecule has 0 radical (unpaired) electrons. The van der Waals surface area contributed by atoms with Crippen molar-refractivity contribution < 1.29 is 32.0 Å². The Labute approximate surface area is 355 Å². The van der Waals surface area contributed by atoms with Crippen LogP contribution in [0.1, 0.15) is 91.2 Å². The number of phosphoric acid groups is 1. The summed E-state index contributed by atoms with van der Waals surface area (Å²) in [6.07, 6.45) is 20.2. The van der Waals surface area contributed by atoms with Crippen molar-refractivity contribution in [2.45, 2.75) is 102 Å². The zero-order valence-electron chi connectivity index (χ0n) is 35.1. The molecule has 0 fully saturated rings. The minimum Gasteiger partial charge on any atom is -0.475 e. The van der Waals surface area contributed by atoms with E-state index in [0.29, 0.717) is 48.7 Å². The van der Waals surface area contributed by atoms with Crippen molar-refractivity contribution in [3.63, 3.8) is 0 Å². The fraction of sp³-hybridized carbons (Fsp3) is 0.347. The molecular formula is C49H58O7P2S. The molecular weight excluding hydrogens is 795 g/mol. The van der Waals surface area contributed by atoms with Crippen molar-refractivity contribution in [2.75, 3.05) is 0 Å². The van der Waals surface area contributed by atoms with Crippen molar-refractivity contribution in [3.05, 3.63) is 169 Å². The van der Waals surface area contributed by atoms with Crippen molar-refractivity contribution in [1.29, 1.82) is 0 Å². The number of hydrogen-bond donors (Lipinski definition) is 0. The molecule has 4 unspecified atom stereocenters. The van der Waals surface area contributed by atoms with E-state index >= 15 is 4.57 Å². The van der Waals surface area contributed by atoms with Crippen molar-refractivity contribution >= 4 is 25.8 Å². The Morgan fingerprint density at radius 3 is 1.54 bits per heavy atom. The monoisotopic (exact) mass is 852 g/mol. The summed E-state index contributed by atoms with van der Waals surface area (Å²) >= 11 is 1.38. The first-order valence-corrected chi connectivity index (χ1v) is 25.3. The lowest BCUT2D eigenvalue weighted by molar-refractivity contribution is -0.00306. The van der Waals surface area contributed by atoms with Gasteiger partial charge in [-0.15, -0.1) is 0 Å². The molecule has 6 rings (SSSR count). The zero-order chi connectivity index (χ0) is 42.0. The van der Waals surface area contributed by atoms with Gasteiger partial charge < -0.3 is 18.3 Å². The van der Waals surface area contributed by atoms with Crippen molar-refractivity contribution in [3.8, 4) is 23.0 Å². The second-order valence-corrected chi connectivity index (χ2v) is 21.8. The summed E-state index contributed by atoms with van der Waals surface area (Å²) in [7, 11) is -4.18. The number of para-hydroxylation sites is 2. The minimum atomic E-state index is -4.18. The van der Waals surface area contributed by atoms with Gasteiger partial charge in [-0.2, -0.15) is 0 Å². The van der Waals surface area contributed by atoms with E-state index in [1.807, 2.05) is 137 Å². The van der Waals surface area contributed by atoms with Crippen LogP contribution in [-0.4, -0.2) is 16.2 Å². The Bertz CT molecular complexity index is 2170. The lowest BCUT2D eigenvalue weighted by atomic mass is 9.78. The predicted octanol–water partition coefficient (Wildman–Crippen LogP) is 15.1. The van der Waals surface area contributed by atoms with Gasteiger partial charge in [0, 0.05) is 16.6 Å². The number of ether oxygens (including phenoxy) is 1. The summed E-state index contributed by atoms with van der Waals surface area (Å²) < 4.78 is 62.1. The number of benzene rings is 4.